The minimum Gasteiger partial charge on any atom is -0.414 e. The number of ether oxygens (including phenoxy) is 3. The Labute approximate surface area is 305 Å². The van der Waals surface area contributed by atoms with Crippen LogP contribution in [0.15, 0.2) is 46.1 Å². The molecule has 0 bridgehead atoms. The second-order valence-corrected chi connectivity index (χ2v) is 23.7. The summed E-state index contributed by atoms with van der Waals surface area (Å²) in [5, 5.41) is 0. The van der Waals surface area contributed by atoms with E-state index in [1.165, 1.54) is 10.8 Å². The average Bonchev–Trinajstić information content (AvgIpc) is 3.38. The Kier molecular flexibility index (Phi) is 13.6. The monoisotopic (exact) mass is 773 g/mol. The number of aryl methyl sites for hydroxylation is 1. The van der Waals surface area contributed by atoms with Gasteiger partial charge in [-0.15, -0.1) is 0 Å². The average molecular weight is 774 g/mol. The van der Waals surface area contributed by atoms with E-state index >= 15 is 0 Å². The van der Waals surface area contributed by atoms with Crippen LogP contribution in [0.2, 0.25) is 22.2 Å². The number of likely N-dealkylation sites (N-methyl/N-ethyl adjacent to an activating group) is 1. The Morgan fingerprint density at radius 3 is 2.13 bits per heavy atom. The standard InChI is InChI=1S/C35H54F3N3O9Si2/c1-22(2)51(23(3)4)47-20-28-29(49-52(50-51,24(5)6)25(7)8)30(46-17-16-39(10)33(43)35(36,37)38)32(48-28)40-18-26(9)31(42)41(34(40)44)21-45-19-27-14-12-11-13-15-27/h11-15,18,22-25,28-30,32H,16-17,19-21H2,1-10H3/t28-,29-,30-,32-/m1/s1. The van der Waals surface area contributed by atoms with Crippen molar-refractivity contribution >= 4 is 23.0 Å². The second-order valence-electron chi connectivity index (χ2n) is 14.9. The van der Waals surface area contributed by atoms with Crippen molar-refractivity contribution in [3.63, 3.8) is 0 Å². The van der Waals surface area contributed by atoms with Crippen LogP contribution in [-0.2, 0) is 45.3 Å². The first kappa shape index (κ1) is 42.1. The number of aromatic nitrogens is 2. The molecule has 1 aromatic carbocycles. The van der Waals surface area contributed by atoms with Gasteiger partial charge in [-0.25, -0.2) is 9.36 Å². The predicted octanol–water partition coefficient (Wildman–Crippen LogP) is 5.75. The first-order valence-electron chi connectivity index (χ1n) is 17.8. The van der Waals surface area contributed by atoms with Gasteiger partial charge in [-0.2, -0.15) is 13.2 Å². The van der Waals surface area contributed by atoms with E-state index in [1.54, 1.807) is 6.92 Å². The fraction of sp³-hybridized carbons (Fsp3) is 0.686. The maximum Gasteiger partial charge on any atom is 0.471 e. The molecule has 0 N–H and O–H groups in total. The Morgan fingerprint density at radius 2 is 1.58 bits per heavy atom. The second kappa shape index (κ2) is 16.8. The molecule has 12 nitrogen and oxygen atoms in total. The highest BCUT2D eigenvalue weighted by atomic mass is 28.5. The molecule has 4 atom stereocenters. The zero-order valence-electron chi connectivity index (χ0n) is 31.8. The number of amides is 1. The molecule has 0 aliphatic carbocycles. The summed E-state index contributed by atoms with van der Waals surface area (Å²) in [7, 11) is -5.18. The van der Waals surface area contributed by atoms with Gasteiger partial charge in [-0.05, 0) is 34.7 Å². The molecule has 1 aromatic heterocycles. The fourth-order valence-corrected chi connectivity index (χ4v) is 18.3. The maximum absolute atomic E-state index is 14.1. The van der Waals surface area contributed by atoms with Crippen molar-refractivity contribution < 1.29 is 45.1 Å². The summed E-state index contributed by atoms with van der Waals surface area (Å²) < 4.78 is 81.9. The number of rotatable bonds is 13. The molecule has 4 rings (SSSR count). The Bertz CT molecular complexity index is 1620. The number of alkyl halides is 3. The van der Waals surface area contributed by atoms with E-state index in [9.17, 15) is 27.6 Å². The van der Waals surface area contributed by atoms with Gasteiger partial charge < -0.3 is 32.1 Å². The number of fused-ring (bicyclic) bond motifs is 1. The minimum absolute atomic E-state index is 0.0459. The van der Waals surface area contributed by atoms with E-state index < -0.39 is 71.5 Å². The smallest absolute Gasteiger partial charge is 0.414 e. The van der Waals surface area contributed by atoms with E-state index in [-0.39, 0.29) is 54.3 Å². The Morgan fingerprint density at radius 1 is 0.981 bits per heavy atom. The molecule has 0 radical (unpaired) electrons. The van der Waals surface area contributed by atoms with Crippen LogP contribution in [-0.4, -0.2) is 88.4 Å². The predicted molar refractivity (Wildman–Crippen MR) is 192 cm³/mol. The summed E-state index contributed by atoms with van der Waals surface area (Å²) in [5.41, 5.74) is -0.239. The molecule has 292 valence electrons. The number of hydrogen-bond acceptors (Lipinski definition) is 9. The first-order valence-corrected chi connectivity index (χ1v) is 21.8. The molecule has 0 saturated carbocycles. The van der Waals surface area contributed by atoms with E-state index in [2.05, 4.69) is 27.7 Å². The lowest BCUT2D eigenvalue weighted by Crippen LogP contribution is -2.66. The molecule has 3 heterocycles. The third-order valence-electron chi connectivity index (χ3n) is 9.92. The van der Waals surface area contributed by atoms with Crippen LogP contribution in [0.5, 0.6) is 0 Å². The van der Waals surface area contributed by atoms with Crippen LogP contribution in [0.1, 0.15) is 72.7 Å². The zero-order valence-corrected chi connectivity index (χ0v) is 33.8. The van der Waals surface area contributed by atoms with Gasteiger partial charge in [0.15, 0.2) is 6.23 Å². The van der Waals surface area contributed by atoms with Gasteiger partial charge in [0, 0.05) is 25.4 Å². The first-order chi connectivity index (χ1) is 24.3. The number of benzene rings is 1. The highest BCUT2D eigenvalue weighted by Gasteiger charge is 2.62. The third kappa shape index (κ3) is 8.67. The molecule has 2 aliphatic heterocycles. The molecule has 0 unspecified atom stereocenters. The highest BCUT2D eigenvalue weighted by Crippen LogP contribution is 2.48. The molecule has 2 aliphatic rings. The Balaban J connectivity index is 1.79. The molecule has 52 heavy (non-hydrogen) atoms. The number of hydrogen-bond donors (Lipinski definition) is 0. The van der Waals surface area contributed by atoms with Gasteiger partial charge in [-0.1, -0.05) is 85.7 Å². The summed E-state index contributed by atoms with van der Waals surface area (Å²) in [6, 6.07) is 9.29. The normalized spacial score (nSPS) is 23.2. The molecule has 2 saturated heterocycles. The number of carbonyl (C=O) groups excluding carboxylic acids is 1. The SMILES string of the molecule is Cc1cn([C@@H]2O[C@@H]3CO[Si](C(C)C)(C(C)C)O[Si](C(C)C)(C(C)C)O[C@H]3[C@H]2OCCN(C)C(=O)C(F)(F)F)c(=O)n(COCc2ccccc2)c1=O. The quantitative estimate of drug-likeness (QED) is 0.235. The topological polar surface area (TPSA) is 120 Å². The van der Waals surface area contributed by atoms with Gasteiger partial charge in [0.25, 0.3) is 5.56 Å². The van der Waals surface area contributed by atoms with Crippen molar-refractivity contribution in [1.82, 2.24) is 14.0 Å². The molecular weight excluding hydrogens is 720 g/mol. The van der Waals surface area contributed by atoms with Gasteiger partial charge in [0.2, 0.25) is 0 Å². The third-order valence-corrected chi connectivity index (χ3v) is 20.2. The van der Waals surface area contributed by atoms with Crippen LogP contribution >= 0.6 is 0 Å². The van der Waals surface area contributed by atoms with Gasteiger partial charge in [0.1, 0.15) is 25.0 Å². The van der Waals surface area contributed by atoms with Crippen molar-refractivity contribution in [1.29, 1.82) is 0 Å². The lowest BCUT2D eigenvalue weighted by Gasteiger charge is -2.51. The lowest BCUT2D eigenvalue weighted by atomic mass is 10.1. The number of carbonyl (C=O) groups is 1. The van der Waals surface area contributed by atoms with Crippen molar-refractivity contribution in [2.45, 2.75) is 129 Å². The molecule has 2 fully saturated rings. The van der Waals surface area contributed by atoms with Crippen molar-refractivity contribution in [2.24, 2.45) is 0 Å². The van der Waals surface area contributed by atoms with E-state index in [0.29, 0.717) is 4.90 Å². The minimum atomic E-state index is -5.06. The summed E-state index contributed by atoms with van der Waals surface area (Å²) >= 11 is 0. The summed E-state index contributed by atoms with van der Waals surface area (Å²) in [4.78, 5) is 39.8. The van der Waals surface area contributed by atoms with Gasteiger partial charge >= 0.3 is 34.9 Å². The Hall–Kier alpha value is -2.65. The molecule has 17 heteroatoms. The van der Waals surface area contributed by atoms with Crippen molar-refractivity contribution in [2.75, 3.05) is 26.8 Å². The van der Waals surface area contributed by atoms with E-state index in [0.717, 1.165) is 17.2 Å². The summed E-state index contributed by atoms with van der Waals surface area (Å²) in [6.07, 6.45) is -7.58. The molecule has 2 aromatic rings. The maximum atomic E-state index is 14.1. The van der Waals surface area contributed by atoms with Gasteiger partial charge in [-0.3, -0.25) is 14.2 Å². The number of nitrogens with zero attached hydrogens (tertiary/aromatic N) is 3. The van der Waals surface area contributed by atoms with Crippen LogP contribution in [0.3, 0.4) is 0 Å². The highest BCUT2D eigenvalue weighted by molar-refractivity contribution is 6.84. The molecule has 0 spiro atoms. The number of halogens is 3. The molecular formula is C35H54F3N3O9Si2. The van der Waals surface area contributed by atoms with E-state index in [4.69, 9.17) is 27.2 Å². The van der Waals surface area contributed by atoms with Crippen LogP contribution in [0, 0.1) is 6.92 Å². The van der Waals surface area contributed by atoms with Crippen molar-refractivity contribution in [3.8, 4) is 0 Å². The zero-order chi connectivity index (χ0) is 38.8. The lowest BCUT2D eigenvalue weighted by molar-refractivity contribution is -0.185. The van der Waals surface area contributed by atoms with E-state index in [1.807, 2.05) is 58.0 Å². The van der Waals surface area contributed by atoms with Gasteiger partial charge in [0.05, 0.1) is 19.8 Å². The van der Waals surface area contributed by atoms with Crippen LogP contribution in [0.4, 0.5) is 13.2 Å². The fourth-order valence-electron chi connectivity index (χ4n) is 7.05. The largest absolute Gasteiger partial charge is 0.471 e. The molecule has 1 amide bonds. The van der Waals surface area contributed by atoms with Crippen molar-refractivity contribution in [3.05, 3.63) is 68.5 Å². The van der Waals surface area contributed by atoms with Crippen LogP contribution in [0.25, 0.3) is 0 Å². The van der Waals surface area contributed by atoms with Crippen LogP contribution < -0.4 is 11.2 Å². The summed E-state index contributed by atoms with van der Waals surface area (Å²) in [6.45, 7) is 17.2. The summed E-state index contributed by atoms with van der Waals surface area (Å²) in [5.74, 6) is -2.01.